The summed E-state index contributed by atoms with van der Waals surface area (Å²) in [6, 6.07) is 9.21. The van der Waals surface area contributed by atoms with Crippen molar-refractivity contribution in [3.63, 3.8) is 0 Å². The second-order valence-corrected chi connectivity index (χ2v) is 6.50. The first kappa shape index (κ1) is 21.2. The molecule has 0 atom stereocenters. The summed E-state index contributed by atoms with van der Waals surface area (Å²) in [5.74, 6) is -3.03. The van der Waals surface area contributed by atoms with Gasteiger partial charge in [0.25, 0.3) is 17.3 Å². The molecule has 1 aliphatic heterocycles. The molecule has 12 heteroatoms. The lowest BCUT2D eigenvalue weighted by Crippen LogP contribution is -2.51. The molecule has 2 aromatic carbocycles. The highest BCUT2D eigenvalue weighted by Crippen LogP contribution is 2.21. The van der Waals surface area contributed by atoms with E-state index in [2.05, 4.69) is 0 Å². The van der Waals surface area contributed by atoms with Gasteiger partial charge >= 0.3 is 0 Å². The predicted octanol–water partition coefficient (Wildman–Crippen LogP) is 1.89. The van der Waals surface area contributed by atoms with Gasteiger partial charge in [0.15, 0.2) is 5.78 Å². The molecule has 2 aromatic rings. The fraction of sp³-hybridized carbons (Fsp3) is 0.158. The van der Waals surface area contributed by atoms with Crippen molar-refractivity contribution in [3.8, 4) is 0 Å². The van der Waals surface area contributed by atoms with E-state index < -0.39 is 39.9 Å². The summed E-state index contributed by atoms with van der Waals surface area (Å²) >= 11 is 0. The monoisotopic (exact) mass is 426 g/mol. The van der Waals surface area contributed by atoms with Crippen LogP contribution in [0.5, 0.6) is 0 Å². The Morgan fingerprint density at radius 3 is 2.00 bits per heavy atom. The van der Waals surface area contributed by atoms with E-state index >= 15 is 0 Å². The van der Waals surface area contributed by atoms with Crippen molar-refractivity contribution in [1.82, 2.24) is 10.0 Å². The Morgan fingerprint density at radius 1 is 0.871 bits per heavy atom. The van der Waals surface area contributed by atoms with Gasteiger partial charge in [0.1, 0.15) is 6.54 Å². The van der Waals surface area contributed by atoms with Crippen LogP contribution in [0.25, 0.3) is 0 Å². The maximum absolute atomic E-state index is 13.0. The van der Waals surface area contributed by atoms with Crippen molar-refractivity contribution in [1.29, 1.82) is 0 Å². The van der Waals surface area contributed by atoms with Crippen LogP contribution >= 0.6 is 0 Å². The van der Waals surface area contributed by atoms with E-state index in [4.69, 9.17) is 0 Å². The molecule has 0 aromatic heterocycles. The summed E-state index contributed by atoms with van der Waals surface area (Å²) in [6.07, 6.45) is -0.290. The number of nitrogens with zero attached hydrogens (tertiary/aromatic N) is 4. The lowest BCUT2D eigenvalue weighted by atomic mass is 10.1. The fourth-order valence-corrected chi connectivity index (χ4v) is 2.96. The molecular formula is C19H14N4O8. The smallest absolute Gasteiger partial charge is 0.273 e. The topological polar surface area (TPSA) is 161 Å². The maximum atomic E-state index is 13.0. The van der Waals surface area contributed by atoms with E-state index in [-0.39, 0.29) is 35.3 Å². The fourth-order valence-electron chi connectivity index (χ4n) is 2.96. The van der Waals surface area contributed by atoms with Crippen LogP contribution in [0.3, 0.4) is 0 Å². The van der Waals surface area contributed by atoms with Gasteiger partial charge in [-0.2, -0.15) is 5.01 Å². The molecule has 1 heterocycles. The Hall–Kier alpha value is -4.48. The molecule has 0 saturated carbocycles. The molecule has 0 aliphatic carbocycles. The van der Waals surface area contributed by atoms with Crippen molar-refractivity contribution in [2.45, 2.75) is 12.8 Å². The first-order valence-electron chi connectivity index (χ1n) is 8.88. The number of non-ortho nitro benzene ring substituents is 2. The van der Waals surface area contributed by atoms with Gasteiger partial charge in [0, 0.05) is 48.2 Å². The number of carbonyl (C=O) groups excluding carboxylic acids is 4. The molecule has 1 saturated heterocycles. The third-order valence-electron chi connectivity index (χ3n) is 4.50. The third-order valence-corrected chi connectivity index (χ3v) is 4.50. The summed E-state index contributed by atoms with van der Waals surface area (Å²) < 4.78 is 0. The Kier molecular flexibility index (Phi) is 5.81. The van der Waals surface area contributed by atoms with Crippen LogP contribution in [0.4, 0.5) is 11.4 Å². The Morgan fingerprint density at radius 2 is 1.45 bits per heavy atom. The van der Waals surface area contributed by atoms with Crippen LogP contribution in [0.2, 0.25) is 0 Å². The molecule has 158 valence electrons. The lowest BCUT2D eigenvalue weighted by molar-refractivity contribution is -0.385. The minimum Gasteiger partial charge on any atom is -0.292 e. The normalized spacial score (nSPS) is 13.2. The van der Waals surface area contributed by atoms with Gasteiger partial charge in [0.2, 0.25) is 11.8 Å². The van der Waals surface area contributed by atoms with Gasteiger partial charge in [-0.1, -0.05) is 12.1 Å². The van der Waals surface area contributed by atoms with Gasteiger partial charge in [-0.25, -0.2) is 5.01 Å². The van der Waals surface area contributed by atoms with Crippen LogP contribution in [0.15, 0.2) is 48.5 Å². The lowest BCUT2D eigenvalue weighted by Gasteiger charge is -2.29. The standard InChI is InChI=1S/C19H14N4O8/c24-16(13-2-1-3-15(10-13)23(30)31)11-20(21-17(25)8-9-18(21)26)19(27)12-4-6-14(7-5-12)22(28)29/h1-7,10H,8-9,11H2. The summed E-state index contributed by atoms with van der Waals surface area (Å²) in [6.45, 7) is -0.742. The highest BCUT2D eigenvalue weighted by molar-refractivity contribution is 6.08. The van der Waals surface area contributed by atoms with Gasteiger partial charge in [0.05, 0.1) is 9.85 Å². The van der Waals surface area contributed by atoms with E-state index in [0.717, 1.165) is 30.3 Å². The van der Waals surface area contributed by atoms with Crippen LogP contribution < -0.4 is 0 Å². The van der Waals surface area contributed by atoms with E-state index in [1.165, 1.54) is 18.2 Å². The minimum absolute atomic E-state index is 0.0882. The zero-order valence-corrected chi connectivity index (χ0v) is 15.8. The van der Waals surface area contributed by atoms with E-state index in [1.54, 1.807) is 0 Å². The number of nitro benzene ring substituents is 2. The molecule has 1 fully saturated rings. The minimum atomic E-state index is -0.905. The molecule has 0 spiro atoms. The van der Waals surface area contributed by atoms with Gasteiger partial charge < -0.3 is 0 Å². The molecule has 31 heavy (non-hydrogen) atoms. The Labute approximate surface area is 173 Å². The Bertz CT molecular complexity index is 1100. The molecule has 0 N–H and O–H groups in total. The maximum Gasteiger partial charge on any atom is 0.273 e. The quantitative estimate of drug-likeness (QED) is 0.281. The van der Waals surface area contributed by atoms with E-state index in [0.29, 0.717) is 10.0 Å². The molecule has 1 aliphatic rings. The van der Waals surface area contributed by atoms with Gasteiger partial charge in [-0.15, -0.1) is 0 Å². The van der Waals surface area contributed by atoms with Gasteiger partial charge in [-0.05, 0) is 12.1 Å². The van der Waals surface area contributed by atoms with Crippen LogP contribution in [-0.2, 0) is 9.59 Å². The summed E-state index contributed by atoms with van der Waals surface area (Å²) in [4.78, 5) is 70.5. The van der Waals surface area contributed by atoms with Crippen molar-refractivity contribution >= 4 is 34.9 Å². The van der Waals surface area contributed by atoms with Gasteiger partial charge in [-0.3, -0.25) is 39.4 Å². The Balaban J connectivity index is 1.94. The summed E-state index contributed by atoms with van der Waals surface area (Å²) in [5, 5.41) is 23.0. The average Bonchev–Trinajstić information content (AvgIpc) is 3.09. The average molecular weight is 426 g/mol. The predicted molar refractivity (Wildman–Crippen MR) is 103 cm³/mol. The number of carbonyl (C=O) groups is 4. The van der Waals surface area contributed by atoms with Crippen molar-refractivity contribution < 1.29 is 29.0 Å². The number of nitro groups is 2. The molecule has 12 nitrogen and oxygen atoms in total. The number of hydrogen-bond acceptors (Lipinski definition) is 8. The van der Waals surface area contributed by atoms with Crippen LogP contribution in [0.1, 0.15) is 33.6 Å². The van der Waals surface area contributed by atoms with Crippen molar-refractivity contribution in [3.05, 3.63) is 79.9 Å². The number of ketones is 1. The largest absolute Gasteiger partial charge is 0.292 e. The second kappa shape index (κ2) is 8.49. The highest BCUT2D eigenvalue weighted by atomic mass is 16.6. The van der Waals surface area contributed by atoms with Crippen LogP contribution in [0, 0.1) is 20.2 Å². The zero-order valence-electron chi connectivity index (χ0n) is 15.8. The summed E-state index contributed by atoms with van der Waals surface area (Å²) in [7, 11) is 0. The third kappa shape index (κ3) is 4.42. The molecular weight excluding hydrogens is 412 g/mol. The van der Waals surface area contributed by atoms with Crippen molar-refractivity contribution in [2.24, 2.45) is 0 Å². The number of Topliss-reactive ketones (excluding diaryl/α,β-unsaturated/α-hetero) is 1. The summed E-state index contributed by atoms with van der Waals surface area (Å²) in [5.41, 5.74) is -0.795. The molecule has 0 bridgehead atoms. The number of hydrazine groups is 1. The number of benzene rings is 2. The SMILES string of the molecule is O=C(CN(C(=O)c1ccc([N+](=O)[O-])cc1)N1C(=O)CCC1=O)c1cccc([N+](=O)[O-])c1. The number of rotatable bonds is 7. The number of imide groups is 1. The number of hydrogen-bond donors (Lipinski definition) is 0. The first-order chi connectivity index (χ1) is 14.7. The van der Waals surface area contributed by atoms with E-state index in [9.17, 15) is 39.4 Å². The molecule has 0 radical (unpaired) electrons. The number of amides is 3. The molecule has 3 rings (SSSR count). The molecule has 0 unspecified atom stereocenters. The van der Waals surface area contributed by atoms with Crippen LogP contribution in [-0.4, -0.2) is 49.9 Å². The second-order valence-electron chi connectivity index (χ2n) is 6.50. The molecule has 3 amide bonds. The highest BCUT2D eigenvalue weighted by Gasteiger charge is 2.38. The van der Waals surface area contributed by atoms with Crippen molar-refractivity contribution in [2.75, 3.05) is 6.54 Å². The zero-order chi connectivity index (χ0) is 22.7. The first-order valence-corrected chi connectivity index (χ1v) is 8.88. The van der Waals surface area contributed by atoms with E-state index in [1.807, 2.05) is 0 Å².